The molecular weight excluding hydrogens is 186 g/mol. The SMILES string of the molecule is Cc1cc(NCCC2CCNC2)ccn1. The van der Waals surface area contributed by atoms with Crippen molar-refractivity contribution in [2.75, 3.05) is 25.0 Å². The molecule has 1 unspecified atom stereocenters. The summed E-state index contributed by atoms with van der Waals surface area (Å²) >= 11 is 0. The molecule has 15 heavy (non-hydrogen) atoms. The number of rotatable bonds is 4. The Labute approximate surface area is 91.3 Å². The highest BCUT2D eigenvalue weighted by atomic mass is 14.9. The molecule has 0 aromatic carbocycles. The van der Waals surface area contributed by atoms with E-state index >= 15 is 0 Å². The first kappa shape index (κ1) is 10.4. The van der Waals surface area contributed by atoms with E-state index in [9.17, 15) is 0 Å². The third-order valence-electron chi connectivity index (χ3n) is 2.94. The van der Waals surface area contributed by atoms with Crippen LogP contribution in [0.3, 0.4) is 0 Å². The molecule has 0 amide bonds. The van der Waals surface area contributed by atoms with Gasteiger partial charge in [-0.25, -0.2) is 0 Å². The molecule has 0 radical (unpaired) electrons. The van der Waals surface area contributed by atoms with Crippen LogP contribution < -0.4 is 10.6 Å². The van der Waals surface area contributed by atoms with Crippen LogP contribution in [0, 0.1) is 12.8 Å². The first-order valence-electron chi connectivity index (χ1n) is 5.72. The number of aryl methyl sites for hydroxylation is 1. The number of nitrogens with one attached hydrogen (secondary N) is 2. The van der Waals surface area contributed by atoms with Gasteiger partial charge in [0.2, 0.25) is 0 Å². The van der Waals surface area contributed by atoms with Crippen molar-refractivity contribution in [1.29, 1.82) is 0 Å². The van der Waals surface area contributed by atoms with E-state index in [-0.39, 0.29) is 0 Å². The first-order valence-corrected chi connectivity index (χ1v) is 5.72. The first-order chi connectivity index (χ1) is 7.34. The van der Waals surface area contributed by atoms with E-state index in [1.807, 2.05) is 19.2 Å². The number of nitrogens with zero attached hydrogens (tertiary/aromatic N) is 1. The Morgan fingerprint density at radius 2 is 2.53 bits per heavy atom. The molecule has 3 heteroatoms. The molecule has 0 bridgehead atoms. The van der Waals surface area contributed by atoms with Crippen LogP contribution in [0.5, 0.6) is 0 Å². The monoisotopic (exact) mass is 205 g/mol. The van der Waals surface area contributed by atoms with Gasteiger partial charge in [0.05, 0.1) is 0 Å². The zero-order chi connectivity index (χ0) is 10.5. The van der Waals surface area contributed by atoms with E-state index in [1.54, 1.807) is 0 Å². The van der Waals surface area contributed by atoms with Gasteiger partial charge < -0.3 is 10.6 Å². The van der Waals surface area contributed by atoms with Gasteiger partial charge in [0, 0.05) is 24.1 Å². The highest BCUT2D eigenvalue weighted by molar-refractivity contribution is 5.42. The second-order valence-corrected chi connectivity index (χ2v) is 4.26. The Morgan fingerprint density at radius 3 is 3.27 bits per heavy atom. The van der Waals surface area contributed by atoms with Gasteiger partial charge in [-0.15, -0.1) is 0 Å². The molecule has 82 valence electrons. The molecule has 1 saturated heterocycles. The minimum Gasteiger partial charge on any atom is -0.385 e. The summed E-state index contributed by atoms with van der Waals surface area (Å²) in [6.07, 6.45) is 4.44. The second kappa shape index (κ2) is 5.12. The van der Waals surface area contributed by atoms with E-state index in [0.717, 1.165) is 18.2 Å². The second-order valence-electron chi connectivity index (χ2n) is 4.26. The van der Waals surface area contributed by atoms with Crippen molar-refractivity contribution >= 4 is 5.69 Å². The average molecular weight is 205 g/mol. The van der Waals surface area contributed by atoms with Crippen LogP contribution in [0.15, 0.2) is 18.3 Å². The van der Waals surface area contributed by atoms with Crippen molar-refractivity contribution in [3.05, 3.63) is 24.0 Å². The zero-order valence-electron chi connectivity index (χ0n) is 9.29. The van der Waals surface area contributed by atoms with Crippen molar-refractivity contribution in [3.8, 4) is 0 Å². The Bertz CT molecular complexity index is 305. The molecule has 1 aliphatic heterocycles. The van der Waals surface area contributed by atoms with Crippen molar-refractivity contribution in [3.63, 3.8) is 0 Å². The lowest BCUT2D eigenvalue weighted by Gasteiger charge is -2.10. The van der Waals surface area contributed by atoms with Gasteiger partial charge in [0.1, 0.15) is 0 Å². The molecule has 2 N–H and O–H groups in total. The number of pyridine rings is 1. The molecule has 3 nitrogen and oxygen atoms in total. The predicted molar refractivity (Wildman–Crippen MR) is 63.1 cm³/mol. The fraction of sp³-hybridized carbons (Fsp3) is 0.583. The number of hydrogen-bond acceptors (Lipinski definition) is 3. The van der Waals surface area contributed by atoms with E-state index in [4.69, 9.17) is 0 Å². The molecular formula is C12H19N3. The third kappa shape index (κ3) is 3.20. The lowest BCUT2D eigenvalue weighted by molar-refractivity contribution is 0.549. The van der Waals surface area contributed by atoms with Crippen LogP contribution in [0.1, 0.15) is 18.5 Å². The van der Waals surface area contributed by atoms with Crippen LogP contribution in [0.4, 0.5) is 5.69 Å². The smallest absolute Gasteiger partial charge is 0.0393 e. The normalized spacial score (nSPS) is 20.5. The van der Waals surface area contributed by atoms with Crippen LogP contribution in [-0.2, 0) is 0 Å². The highest BCUT2D eigenvalue weighted by Gasteiger charge is 2.13. The maximum Gasteiger partial charge on any atom is 0.0393 e. The van der Waals surface area contributed by atoms with Crippen molar-refractivity contribution < 1.29 is 0 Å². The summed E-state index contributed by atoms with van der Waals surface area (Å²) in [7, 11) is 0. The topological polar surface area (TPSA) is 37.0 Å². The number of aromatic nitrogens is 1. The van der Waals surface area contributed by atoms with Gasteiger partial charge in [0.25, 0.3) is 0 Å². The van der Waals surface area contributed by atoms with E-state index in [1.165, 1.54) is 31.6 Å². The summed E-state index contributed by atoms with van der Waals surface area (Å²) in [5, 5.41) is 6.84. The average Bonchev–Trinajstić information content (AvgIpc) is 2.71. The highest BCUT2D eigenvalue weighted by Crippen LogP contribution is 2.13. The van der Waals surface area contributed by atoms with E-state index < -0.39 is 0 Å². The van der Waals surface area contributed by atoms with Gasteiger partial charge >= 0.3 is 0 Å². The summed E-state index contributed by atoms with van der Waals surface area (Å²) < 4.78 is 0. The van der Waals surface area contributed by atoms with E-state index in [0.29, 0.717) is 0 Å². The predicted octanol–water partition coefficient (Wildman–Crippen LogP) is 1.80. The van der Waals surface area contributed by atoms with Crippen LogP contribution in [-0.4, -0.2) is 24.6 Å². The van der Waals surface area contributed by atoms with Gasteiger partial charge in [-0.1, -0.05) is 0 Å². The fourth-order valence-electron chi connectivity index (χ4n) is 2.04. The van der Waals surface area contributed by atoms with E-state index in [2.05, 4.69) is 21.7 Å². The summed E-state index contributed by atoms with van der Waals surface area (Å²) in [6.45, 7) is 5.47. The van der Waals surface area contributed by atoms with Crippen molar-refractivity contribution in [1.82, 2.24) is 10.3 Å². The molecule has 1 atom stereocenters. The third-order valence-corrected chi connectivity index (χ3v) is 2.94. The zero-order valence-corrected chi connectivity index (χ0v) is 9.29. The van der Waals surface area contributed by atoms with Crippen LogP contribution in [0.25, 0.3) is 0 Å². The minimum absolute atomic E-state index is 0.862. The summed E-state index contributed by atoms with van der Waals surface area (Å²) in [5.74, 6) is 0.862. The largest absolute Gasteiger partial charge is 0.385 e. The Balaban J connectivity index is 1.73. The maximum atomic E-state index is 4.18. The molecule has 1 aliphatic rings. The molecule has 1 fully saturated rings. The maximum absolute atomic E-state index is 4.18. The van der Waals surface area contributed by atoms with Gasteiger partial charge in [-0.05, 0) is 50.9 Å². The fourth-order valence-corrected chi connectivity index (χ4v) is 2.04. The molecule has 0 saturated carbocycles. The van der Waals surface area contributed by atoms with Gasteiger partial charge in [0.15, 0.2) is 0 Å². The number of hydrogen-bond donors (Lipinski definition) is 2. The Hall–Kier alpha value is -1.09. The summed E-state index contributed by atoms with van der Waals surface area (Å²) in [4.78, 5) is 4.18. The minimum atomic E-state index is 0.862. The summed E-state index contributed by atoms with van der Waals surface area (Å²) in [6, 6.07) is 4.12. The van der Waals surface area contributed by atoms with Gasteiger partial charge in [-0.3, -0.25) is 4.98 Å². The van der Waals surface area contributed by atoms with Crippen LogP contribution in [0.2, 0.25) is 0 Å². The number of anilines is 1. The van der Waals surface area contributed by atoms with Crippen molar-refractivity contribution in [2.24, 2.45) is 5.92 Å². The quantitative estimate of drug-likeness (QED) is 0.787. The Kier molecular flexibility index (Phi) is 3.56. The Morgan fingerprint density at radius 1 is 1.60 bits per heavy atom. The van der Waals surface area contributed by atoms with Crippen molar-refractivity contribution in [2.45, 2.75) is 19.8 Å². The summed E-state index contributed by atoms with van der Waals surface area (Å²) in [5.41, 5.74) is 2.26. The molecule has 2 heterocycles. The van der Waals surface area contributed by atoms with Gasteiger partial charge in [-0.2, -0.15) is 0 Å². The standard InChI is InChI=1S/C12H19N3/c1-10-8-12(4-7-14-10)15-6-3-11-2-5-13-9-11/h4,7-8,11,13H,2-3,5-6,9H2,1H3,(H,14,15). The molecule has 1 aromatic rings. The molecule has 0 aliphatic carbocycles. The van der Waals surface area contributed by atoms with Crippen LogP contribution >= 0.6 is 0 Å². The lowest BCUT2D eigenvalue weighted by atomic mass is 10.1. The molecule has 0 spiro atoms. The molecule has 2 rings (SSSR count). The lowest BCUT2D eigenvalue weighted by Crippen LogP contribution is -2.12. The molecule has 1 aromatic heterocycles.